The minimum atomic E-state index is -5.67. The molecule has 37 heavy (non-hydrogen) atoms. The van der Waals surface area contributed by atoms with Crippen LogP contribution in [0.3, 0.4) is 0 Å². The zero-order chi connectivity index (χ0) is 26.9. The molecule has 0 aliphatic rings. The van der Waals surface area contributed by atoms with Crippen molar-refractivity contribution in [2.24, 2.45) is 5.14 Å². The second-order valence-corrected chi connectivity index (χ2v) is 14.3. The zero-order valence-electron chi connectivity index (χ0n) is 17.9. The topological polar surface area (TPSA) is 118 Å². The summed E-state index contributed by atoms with van der Waals surface area (Å²) in [5, 5.41) is 5.46. The molecule has 0 unspecified atom stereocenters. The number of alkyl halides is 2. The molecule has 0 aliphatic heterocycles. The van der Waals surface area contributed by atoms with Gasteiger partial charge in [0.05, 0.1) is 5.02 Å². The van der Waals surface area contributed by atoms with Crippen LogP contribution in [0.1, 0.15) is 16.7 Å². The van der Waals surface area contributed by atoms with Crippen molar-refractivity contribution in [2.45, 2.75) is 31.9 Å². The Bertz CT molecular complexity index is 1460. The van der Waals surface area contributed by atoms with Crippen molar-refractivity contribution >= 4 is 110 Å². The molecule has 0 fully saturated rings. The first-order valence-corrected chi connectivity index (χ1v) is 16.4. The van der Waals surface area contributed by atoms with E-state index < -0.39 is 28.8 Å². The molecule has 3 aromatic carbocycles. The third-order valence-corrected chi connectivity index (χ3v) is 10.2. The van der Waals surface area contributed by atoms with E-state index in [2.05, 4.69) is 15.9 Å². The molecule has 16 heteroatoms. The maximum absolute atomic E-state index is 14.0. The van der Waals surface area contributed by atoms with E-state index in [0.29, 0.717) is 27.7 Å². The Kier molecular flexibility index (Phi) is 12.1. The van der Waals surface area contributed by atoms with Crippen molar-refractivity contribution in [3.8, 4) is 0 Å². The first-order chi connectivity index (χ1) is 16.6. The van der Waals surface area contributed by atoms with Gasteiger partial charge < -0.3 is 9.79 Å². The molecule has 0 atom stereocenters. The number of hydrogen-bond donors (Lipinski definition) is 3. The predicted octanol–water partition coefficient (Wildman–Crippen LogP) is 6.57. The van der Waals surface area contributed by atoms with Crippen LogP contribution in [-0.2, 0) is 31.8 Å². The molecule has 0 saturated carbocycles. The number of halogens is 5. The normalized spacial score (nSPS) is 12.3. The Morgan fingerprint density at radius 1 is 0.973 bits per heavy atom. The average molecular weight is 703 g/mol. The number of sulfonamides is 1. The third kappa shape index (κ3) is 8.66. The Labute approximate surface area is 261 Å². The van der Waals surface area contributed by atoms with Crippen LogP contribution >= 0.6 is 70.3 Å². The molecule has 0 bridgehead atoms. The van der Waals surface area contributed by atoms with E-state index in [4.69, 9.17) is 38.1 Å². The molecule has 196 valence electrons. The second kappa shape index (κ2) is 13.3. The third-order valence-electron chi connectivity index (χ3n) is 4.74. The van der Waals surface area contributed by atoms with Crippen LogP contribution in [0.15, 0.2) is 73.8 Å². The maximum atomic E-state index is 14.0. The van der Waals surface area contributed by atoms with Crippen molar-refractivity contribution in [1.82, 2.24) is 0 Å². The summed E-state index contributed by atoms with van der Waals surface area (Å²) in [5.41, 5.74) is -3.87. The van der Waals surface area contributed by atoms with E-state index in [-0.39, 0.29) is 43.9 Å². The zero-order valence-corrected chi connectivity index (χ0v) is 24.3. The number of primary sulfonamides is 1. The molecule has 6 nitrogen and oxygen atoms in total. The summed E-state index contributed by atoms with van der Waals surface area (Å²) in [4.78, 5) is 19.5. The van der Waals surface area contributed by atoms with E-state index in [9.17, 15) is 21.8 Å². The first kappa shape index (κ1) is 33.5. The summed E-state index contributed by atoms with van der Waals surface area (Å²) in [6.45, 7) is 0. The molecular formula is C21H18BrCl2F2NNaO5PS3. The van der Waals surface area contributed by atoms with E-state index in [0.717, 1.165) is 15.9 Å². The Morgan fingerprint density at radius 2 is 1.57 bits per heavy atom. The van der Waals surface area contributed by atoms with Gasteiger partial charge in [0.1, 0.15) is 4.90 Å². The van der Waals surface area contributed by atoms with E-state index >= 15 is 0 Å². The first-order valence-electron chi connectivity index (χ1n) is 9.68. The van der Waals surface area contributed by atoms with Crippen molar-refractivity contribution in [3.63, 3.8) is 0 Å². The summed E-state index contributed by atoms with van der Waals surface area (Å²) in [6, 6.07) is 14.0. The summed E-state index contributed by atoms with van der Waals surface area (Å²) in [7, 11) is -9.67. The van der Waals surface area contributed by atoms with Crippen molar-refractivity contribution in [2.75, 3.05) is 0 Å². The number of hydrogen-bond acceptors (Lipinski definition) is 5. The quantitative estimate of drug-likeness (QED) is 0.131. The van der Waals surface area contributed by atoms with Crippen molar-refractivity contribution in [3.05, 3.63) is 85.8 Å². The molecule has 3 aromatic rings. The average Bonchev–Trinajstić information content (AvgIpc) is 2.75. The molecule has 0 aromatic heterocycles. The Morgan fingerprint density at radius 3 is 2.11 bits per heavy atom. The van der Waals surface area contributed by atoms with Gasteiger partial charge in [0.2, 0.25) is 10.0 Å². The van der Waals surface area contributed by atoms with Gasteiger partial charge in [-0.3, -0.25) is 4.57 Å². The molecule has 0 saturated heterocycles. The van der Waals surface area contributed by atoms with E-state index in [1.54, 1.807) is 0 Å². The molecule has 0 aliphatic carbocycles. The molecule has 0 heterocycles. The van der Waals surface area contributed by atoms with Crippen LogP contribution in [0.25, 0.3) is 0 Å². The molecule has 3 rings (SSSR count). The van der Waals surface area contributed by atoms with Crippen LogP contribution in [0.4, 0.5) is 8.78 Å². The van der Waals surface area contributed by atoms with Crippen LogP contribution in [0.2, 0.25) is 10.0 Å². The fourth-order valence-electron chi connectivity index (χ4n) is 2.93. The second-order valence-electron chi connectivity index (χ2n) is 7.37. The SMILES string of the molecule is NS(=O)(=O)c1cc(CSc2cccc(SCc3ccc(C(F)(F)P(=O)(O)O)c(Br)c3)c2)c(Cl)cc1Cl.[NaH]. The summed E-state index contributed by atoms with van der Waals surface area (Å²) < 4.78 is 62.5. The molecule has 4 N–H and O–H groups in total. The molecule has 0 radical (unpaired) electrons. The van der Waals surface area contributed by atoms with Gasteiger partial charge in [-0.25, -0.2) is 13.6 Å². The van der Waals surface area contributed by atoms with Crippen molar-refractivity contribution < 1.29 is 31.6 Å². The van der Waals surface area contributed by atoms with Gasteiger partial charge in [0.25, 0.3) is 0 Å². The van der Waals surface area contributed by atoms with Crippen LogP contribution in [0, 0.1) is 0 Å². The standard InChI is InChI=1S/C21H17BrCl2F2NO5PS3.Na.H/c22-17-6-12(4-5-16(17)21(25,26)33(28,29)30)10-34-14-2-1-3-15(8-14)35-11-13-7-20(36(27,31)32)19(24)9-18(13)23;;/h1-9H,10-11H2,(H2,27,31,32)(H2,28,29,30);;. The fraction of sp³-hybridized carbons (Fsp3) is 0.143. The number of nitrogens with two attached hydrogens (primary N) is 1. The molecule has 0 amide bonds. The summed E-state index contributed by atoms with van der Waals surface area (Å²) >= 11 is 18.0. The minimum absolute atomic E-state index is 0. The van der Waals surface area contributed by atoms with Gasteiger partial charge in [0.15, 0.2) is 0 Å². The van der Waals surface area contributed by atoms with Crippen LogP contribution < -0.4 is 5.14 Å². The number of rotatable bonds is 9. The van der Waals surface area contributed by atoms with Gasteiger partial charge in [-0.2, -0.15) is 8.78 Å². The number of thioether (sulfide) groups is 2. The fourth-order valence-corrected chi connectivity index (χ4v) is 7.68. The molecular weight excluding hydrogens is 685 g/mol. The predicted molar refractivity (Wildman–Crippen MR) is 151 cm³/mol. The summed E-state index contributed by atoms with van der Waals surface area (Å²) in [6.07, 6.45) is 0. The van der Waals surface area contributed by atoms with Gasteiger partial charge >= 0.3 is 42.8 Å². The van der Waals surface area contributed by atoms with E-state index in [1.807, 2.05) is 24.3 Å². The van der Waals surface area contributed by atoms with Crippen LogP contribution in [0.5, 0.6) is 0 Å². The van der Waals surface area contributed by atoms with Gasteiger partial charge in [-0.15, -0.1) is 23.5 Å². The summed E-state index contributed by atoms with van der Waals surface area (Å²) in [5.74, 6) is 0.768. The molecule has 0 spiro atoms. The van der Waals surface area contributed by atoms with Gasteiger partial charge in [0, 0.05) is 36.4 Å². The Balaban J connectivity index is 0.00000481. The van der Waals surface area contributed by atoms with Crippen LogP contribution in [-0.4, -0.2) is 47.8 Å². The van der Waals surface area contributed by atoms with Crippen molar-refractivity contribution in [1.29, 1.82) is 0 Å². The van der Waals surface area contributed by atoms with Gasteiger partial charge in [-0.05, 0) is 47.5 Å². The van der Waals surface area contributed by atoms with E-state index in [1.165, 1.54) is 47.8 Å². The number of benzene rings is 3. The Hall–Kier alpha value is 0.340. The van der Waals surface area contributed by atoms with Gasteiger partial charge in [-0.1, -0.05) is 57.3 Å². The monoisotopic (exact) mass is 701 g/mol.